The van der Waals surface area contributed by atoms with Crippen LogP contribution in [0.25, 0.3) is 0 Å². The Balaban J connectivity index is 1.94. The zero-order valence-corrected chi connectivity index (χ0v) is 10.3. The summed E-state index contributed by atoms with van der Waals surface area (Å²) in [5.41, 5.74) is 0. The van der Waals surface area contributed by atoms with Crippen LogP contribution in [-0.4, -0.2) is 33.7 Å². The molecule has 1 fully saturated rings. The molecule has 1 aromatic heterocycles. The van der Waals surface area contributed by atoms with Crippen molar-refractivity contribution in [3.8, 4) is 5.88 Å². The normalized spacial score (nSPS) is 22.7. The van der Waals surface area contributed by atoms with Crippen LogP contribution >= 0.6 is 0 Å². The molecule has 98 valence electrons. The average Bonchev–Trinajstić information content (AvgIpc) is 2.78. The molecular formula is C12H17N3O3. The zero-order chi connectivity index (χ0) is 13.0. The molecule has 0 bridgehead atoms. The van der Waals surface area contributed by atoms with Gasteiger partial charge in [-0.25, -0.2) is 0 Å². The highest BCUT2D eigenvalue weighted by molar-refractivity contribution is 5.70. The predicted molar refractivity (Wildman–Crippen MR) is 65.6 cm³/mol. The Bertz CT molecular complexity index is 425. The number of carboxylic acids is 1. The summed E-state index contributed by atoms with van der Waals surface area (Å²) in [4.78, 5) is 19.1. The number of carbonyl (C=O) groups is 1. The molecule has 18 heavy (non-hydrogen) atoms. The van der Waals surface area contributed by atoms with Crippen molar-refractivity contribution in [2.24, 2.45) is 5.92 Å². The van der Waals surface area contributed by atoms with E-state index in [1.165, 1.54) is 0 Å². The van der Waals surface area contributed by atoms with E-state index in [0.29, 0.717) is 31.1 Å². The first-order valence-corrected chi connectivity index (χ1v) is 6.13. The van der Waals surface area contributed by atoms with Crippen LogP contribution in [0.5, 0.6) is 5.88 Å². The third-order valence-corrected chi connectivity index (χ3v) is 3.04. The molecular weight excluding hydrogens is 234 g/mol. The van der Waals surface area contributed by atoms with Gasteiger partial charge in [0.25, 0.3) is 0 Å². The van der Waals surface area contributed by atoms with Gasteiger partial charge in [0.1, 0.15) is 5.82 Å². The number of nitrogens with one attached hydrogen (secondary N) is 1. The minimum absolute atomic E-state index is 0.150. The van der Waals surface area contributed by atoms with E-state index >= 15 is 0 Å². The second kappa shape index (κ2) is 5.66. The smallest absolute Gasteiger partial charge is 0.306 e. The van der Waals surface area contributed by atoms with Gasteiger partial charge in [-0.15, -0.1) is 0 Å². The molecule has 2 atom stereocenters. The quantitative estimate of drug-likeness (QED) is 0.825. The van der Waals surface area contributed by atoms with E-state index in [1.807, 2.05) is 6.92 Å². The average molecular weight is 251 g/mol. The largest absolute Gasteiger partial charge is 0.481 e. The molecule has 0 spiro atoms. The Kier molecular flexibility index (Phi) is 3.96. The molecule has 1 heterocycles. The number of aromatic nitrogens is 2. The Hall–Kier alpha value is -1.85. The molecule has 0 aliphatic heterocycles. The Labute approximate surface area is 105 Å². The number of hydrogen-bond donors (Lipinski definition) is 2. The maximum atomic E-state index is 10.9. The lowest BCUT2D eigenvalue weighted by molar-refractivity contribution is -0.141. The number of aliphatic carboxylic acids is 1. The molecule has 2 rings (SSSR count). The fraction of sp³-hybridized carbons (Fsp3) is 0.583. The van der Waals surface area contributed by atoms with Crippen LogP contribution in [0.4, 0.5) is 5.82 Å². The van der Waals surface area contributed by atoms with E-state index in [0.717, 1.165) is 6.42 Å². The van der Waals surface area contributed by atoms with Crippen molar-refractivity contribution in [2.75, 3.05) is 11.9 Å². The standard InChI is InChI=1S/C12H17N3O3/c1-2-18-11-7-13-6-10(15-11)14-9-4-3-8(5-9)12(16)17/h6-9H,2-5H2,1H3,(H,14,15)(H,16,17)/t8-,9+/m1/s1. The van der Waals surface area contributed by atoms with Gasteiger partial charge < -0.3 is 15.2 Å². The van der Waals surface area contributed by atoms with Crippen molar-refractivity contribution >= 4 is 11.8 Å². The van der Waals surface area contributed by atoms with E-state index in [4.69, 9.17) is 9.84 Å². The van der Waals surface area contributed by atoms with Crippen LogP contribution in [0.2, 0.25) is 0 Å². The summed E-state index contributed by atoms with van der Waals surface area (Å²) in [7, 11) is 0. The topological polar surface area (TPSA) is 84.3 Å². The molecule has 0 amide bonds. The molecule has 0 unspecified atom stereocenters. The van der Waals surface area contributed by atoms with Crippen LogP contribution in [0, 0.1) is 5.92 Å². The highest BCUT2D eigenvalue weighted by Gasteiger charge is 2.29. The predicted octanol–water partition coefficient (Wildman–Crippen LogP) is 1.54. The van der Waals surface area contributed by atoms with E-state index < -0.39 is 5.97 Å². The molecule has 6 heteroatoms. The number of ether oxygens (including phenoxy) is 1. The first-order chi connectivity index (χ1) is 8.69. The second-order valence-corrected chi connectivity index (χ2v) is 4.37. The van der Waals surface area contributed by atoms with Gasteiger partial charge in [0.05, 0.1) is 24.9 Å². The van der Waals surface area contributed by atoms with Gasteiger partial charge in [0.2, 0.25) is 5.88 Å². The monoisotopic (exact) mass is 251 g/mol. The highest BCUT2D eigenvalue weighted by atomic mass is 16.5. The summed E-state index contributed by atoms with van der Waals surface area (Å²) < 4.78 is 5.26. The molecule has 1 saturated carbocycles. The lowest BCUT2D eigenvalue weighted by Gasteiger charge is -2.13. The number of anilines is 1. The van der Waals surface area contributed by atoms with Crippen LogP contribution in [-0.2, 0) is 4.79 Å². The van der Waals surface area contributed by atoms with Gasteiger partial charge in [0, 0.05) is 6.04 Å². The number of rotatable bonds is 5. The van der Waals surface area contributed by atoms with Crippen LogP contribution in [0.15, 0.2) is 12.4 Å². The van der Waals surface area contributed by atoms with Gasteiger partial charge in [0.15, 0.2) is 0 Å². The molecule has 0 aromatic carbocycles. The fourth-order valence-corrected chi connectivity index (χ4v) is 2.18. The lowest BCUT2D eigenvalue weighted by Crippen LogP contribution is -2.18. The molecule has 0 saturated heterocycles. The van der Waals surface area contributed by atoms with Gasteiger partial charge >= 0.3 is 5.97 Å². The van der Waals surface area contributed by atoms with Crippen molar-refractivity contribution in [1.82, 2.24) is 9.97 Å². The van der Waals surface area contributed by atoms with Crippen molar-refractivity contribution in [2.45, 2.75) is 32.2 Å². The van der Waals surface area contributed by atoms with Crippen LogP contribution in [0.3, 0.4) is 0 Å². The maximum Gasteiger partial charge on any atom is 0.306 e. The molecule has 1 aliphatic rings. The van der Waals surface area contributed by atoms with Crippen molar-refractivity contribution in [3.05, 3.63) is 12.4 Å². The summed E-state index contributed by atoms with van der Waals surface area (Å²) >= 11 is 0. The van der Waals surface area contributed by atoms with Crippen molar-refractivity contribution < 1.29 is 14.6 Å². The fourth-order valence-electron chi connectivity index (χ4n) is 2.18. The second-order valence-electron chi connectivity index (χ2n) is 4.37. The third kappa shape index (κ3) is 3.09. The Morgan fingerprint density at radius 1 is 1.56 bits per heavy atom. The number of nitrogens with zero attached hydrogens (tertiary/aromatic N) is 2. The summed E-state index contributed by atoms with van der Waals surface area (Å²) in [6.07, 6.45) is 5.37. The zero-order valence-electron chi connectivity index (χ0n) is 10.3. The summed E-state index contributed by atoms with van der Waals surface area (Å²) in [5.74, 6) is 0.159. The summed E-state index contributed by atoms with van der Waals surface area (Å²) in [5, 5.41) is 12.1. The maximum absolute atomic E-state index is 10.9. The van der Waals surface area contributed by atoms with Gasteiger partial charge in [-0.2, -0.15) is 4.98 Å². The van der Waals surface area contributed by atoms with E-state index in [-0.39, 0.29) is 12.0 Å². The Morgan fingerprint density at radius 3 is 3.06 bits per heavy atom. The SMILES string of the molecule is CCOc1cncc(N[C@H]2CC[C@@H](C(=O)O)C2)n1. The molecule has 0 radical (unpaired) electrons. The first-order valence-electron chi connectivity index (χ1n) is 6.13. The van der Waals surface area contributed by atoms with E-state index in [2.05, 4.69) is 15.3 Å². The number of carboxylic acid groups (broad SMARTS) is 1. The summed E-state index contributed by atoms with van der Waals surface area (Å²) in [6, 6.07) is 0.150. The molecule has 1 aliphatic carbocycles. The van der Waals surface area contributed by atoms with E-state index in [1.54, 1.807) is 12.4 Å². The van der Waals surface area contributed by atoms with E-state index in [9.17, 15) is 4.79 Å². The third-order valence-electron chi connectivity index (χ3n) is 3.04. The first kappa shape index (κ1) is 12.6. The Morgan fingerprint density at radius 2 is 2.39 bits per heavy atom. The lowest BCUT2D eigenvalue weighted by atomic mass is 10.1. The minimum atomic E-state index is -0.714. The number of hydrogen-bond acceptors (Lipinski definition) is 5. The van der Waals surface area contributed by atoms with Crippen molar-refractivity contribution in [3.63, 3.8) is 0 Å². The highest BCUT2D eigenvalue weighted by Crippen LogP contribution is 2.27. The summed E-state index contributed by atoms with van der Waals surface area (Å²) in [6.45, 7) is 2.43. The molecule has 6 nitrogen and oxygen atoms in total. The minimum Gasteiger partial charge on any atom is -0.481 e. The molecule has 2 N–H and O–H groups in total. The van der Waals surface area contributed by atoms with Crippen LogP contribution in [0.1, 0.15) is 26.2 Å². The molecule has 1 aromatic rings. The van der Waals surface area contributed by atoms with Crippen molar-refractivity contribution in [1.29, 1.82) is 0 Å². The van der Waals surface area contributed by atoms with Gasteiger partial charge in [-0.1, -0.05) is 0 Å². The van der Waals surface area contributed by atoms with Gasteiger partial charge in [-0.05, 0) is 26.2 Å². The van der Waals surface area contributed by atoms with Crippen LogP contribution < -0.4 is 10.1 Å². The van der Waals surface area contributed by atoms with Gasteiger partial charge in [-0.3, -0.25) is 9.78 Å².